The van der Waals surface area contributed by atoms with Crippen molar-refractivity contribution < 1.29 is 24.5 Å². The first-order valence-electron chi connectivity index (χ1n) is 12.9. The average Bonchev–Trinajstić information content (AvgIpc) is 3.08. The lowest BCUT2D eigenvalue weighted by molar-refractivity contribution is -0.166. The fourth-order valence-electron chi connectivity index (χ4n) is 6.90. The zero-order valence-electron chi connectivity index (χ0n) is 21.7. The van der Waals surface area contributed by atoms with Crippen LogP contribution < -0.4 is 5.32 Å². The van der Waals surface area contributed by atoms with Gasteiger partial charge in [0.1, 0.15) is 11.5 Å². The quantitative estimate of drug-likeness (QED) is 0.440. The Bertz CT molecular complexity index is 1060. The Kier molecular flexibility index (Phi) is 7.31. The van der Waals surface area contributed by atoms with Crippen molar-refractivity contribution in [2.45, 2.75) is 70.8 Å². The molecule has 1 saturated carbocycles. The first-order valence-corrected chi connectivity index (χ1v) is 12.9. The second-order valence-electron chi connectivity index (χ2n) is 11.3. The Labute approximate surface area is 214 Å². The molecule has 9 atom stereocenters. The largest absolute Gasteiger partial charge is 0.457 e. The topological polar surface area (TPSA) is 95.9 Å². The molecule has 1 aliphatic heterocycles. The highest BCUT2D eigenvalue weighted by Gasteiger charge is 2.68. The van der Waals surface area contributed by atoms with Crippen molar-refractivity contribution >= 4 is 11.9 Å². The van der Waals surface area contributed by atoms with Crippen LogP contribution in [0.15, 0.2) is 66.8 Å². The van der Waals surface area contributed by atoms with Crippen LogP contribution in [0.1, 0.15) is 46.1 Å². The summed E-state index contributed by atoms with van der Waals surface area (Å²) < 4.78 is 5.89. The van der Waals surface area contributed by atoms with Gasteiger partial charge in [0.05, 0.1) is 11.7 Å². The average molecular weight is 494 g/mol. The van der Waals surface area contributed by atoms with Crippen LogP contribution in [-0.4, -0.2) is 45.9 Å². The predicted molar refractivity (Wildman–Crippen MR) is 139 cm³/mol. The molecule has 0 aromatic heterocycles. The second kappa shape index (κ2) is 9.98. The summed E-state index contributed by atoms with van der Waals surface area (Å²) in [6.45, 7) is 11.3. The fourth-order valence-corrected chi connectivity index (χ4v) is 6.90. The Morgan fingerprint density at radius 1 is 1.22 bits per heavy atom. The molecule has 2 aliphatic carbocycles. The van der Waals surface area contributed by atoms with Crippen molar-refractivity contribution in [3.8, 4) is 0 Å². The number of hydrogen-bond acceptors (Lipinski definition) is 5. The molecule has 1 aromatic rings. The highest BCUT2D eigenvalue weighted by molar-refractivity contribution is 5.89. The van der Waals surface area contributed by atoms with Gasteiger partial charge in [-0.1, -0.05) is 69.0 Å². The zero-order valence-corrected chi connectivity index (χ0v) is 21.7. The van der Waals surface area contributed by atoms with Crippen molar-refractivity contribution in [2.75, 3.05) is 0 Å². The van der Waals surface area contributed by atoms with E-state index in [2.05, 4.69) is 18.8 Å². The van der Waals surface area contributed by atoms with Crippen molar-refractivity contribution in [1.29, 1.82) is 0 Å². The summed E-state index contributed by atoms with van der Waals surface area (Å²) in [7, 11) is 0. The summed E-state index contributed by atoms with van der Waals surface area (Å²) in [6, 6.07) is 9.73. The fraction of sp³-hybridized carbons (Fsp3) is 0.533. The Morgan fingerprint density at radius 3 is 2.58 bits per heavy atom. The third-order valence-corrected chi connectivity index (χ3v) is 8.43. The molecule has 3 N–H and O–H groups in total. The number of carbonyl (C=O) groups excluding carboxylic acids is 2. The monoisotopic (exact) mass is 493 g/mol. The molecule has 1 amide bonds. The number of hydrogen-bond donors (Lipinski definition) is 3. The maximum Gasteiger partial charge on any atom is 0.303 e. The zero-order chi connectivity index (χ0) is 26.3. The molecule has 0 unspecified atom stereocenters. The van der Waals surface area contributed by atoms with Crippen LogP contribution in [0, 0.1) is 29.1 Å². The molecule has 2 fully saturated rings. The minimum atomic E-state index is -1.26. The number of ether oxygens (including phenoxy) is 1. The smallest absolute Gasteiger partial charge is 0.303 e. The molecular weight excluding hydrogens is 454 g/mol. The maximum absolute atomic E-state index is 14.2. The summed E-state index contributed by atoms with van der Waals surface area (Å²) in [4.78, 5) is 26.5. The van der Waals surface area contributed by atoms with Crippen molar-refractivity contribution in [2.24, 2.45) is 29.1 Å². The number of nitrogens with one attached hydrogen (secondary N) is 1. The first-order chi connectivity index (χ1) is 17.0. The van der Waals surface area contributed by atoms with Crippen LogP contribution in [0.3, 0.4) is 0 Å². The first kappa shape index (κ1) is 26.4. The number of esters is 1. The Balaban J connectivity index is 1.92. The molecule has 3 aliphatic rings. The molecule has 194 valence electrons. The third-order valence-electron chi connectivity index (χ3n) is 8.43. The van der Waals surface area contributed by atoms with Gasteiger partial charge in [-0.15, -0.1) is 0 Å². The summed E-state index contributed by atoms with van der Waals surface area (Å²) in [5, 5.41) is 25.8. The third kappa shape index (κ3) is 4.69. The normalized spacial score (nSPS) is 42.3. The van der Waals surface area contributed by atoms with Gasteiger partial charge in [0.25, 0.3) is 0 Å². The second-order valence-corrected chi connectivity index (χ2v) is 11.3. The van der Waals surface area contributed by atoms with Crippen LogP contribution in [0.2, 0.25) is 0 Å². The summed E-state index contributed by atoms with van der Waals surface area (Å²) in [5.41, 5.74) is -0.635. The van der Waals surface area contributed by atoms with Gasteiger partial charge >= 0.3 is 5.97 Å². The number of allylic oxidation sites excluding steroid dienone is 1. The van der Waals surface area contributed by atoms with E-state index in [4.69, 9.17) is 4.74 Å². The molecular formula is C30H39NO5. The van der Waals surface area contributed by atoms with E-state index < -0.39 is 35.1 Å². The van der Waals surface area contributed by atoms with E-state index in [1.54, 1.807) is 19.1 Å². The highest BCUT2D eigenvalue weighted by atomic mass is 16.5. The number of rotatable bonds is 3. The van der Waals surface area contributed by atoms with E-state index in [-0.39, 0.29) is 29.7 Å². The van der Waals surface area contributed by atoms with E-state index in [1.807, 2.05) is 49.4 Å². The van der Waals surface area contributed by atoms with Gasteiger partial charge in [-0.05, 0) is 55.2 Å². The molecule has 0 bridgehead atoms. The molecule has 1 heterocycles. The number of benzene rings is 1. The number of aliphatic hydroxyl groups is 2. The van der Waals surface area contributed by atoms with Gasteiger partial charge in [0, 0.05) is 24.8 Å². The van der Waals surface area contributed by atoms with Gasteiger partial charge in [0.2, 0.25) is 5.91 Å². The van der Waals surface area contributed by atoms with Crippen LogP contribution in [0.5, 0.6) is 0 Å². The molecule has 1 spiro atoms. The van der Waals surface area contributed by atoms with Crippen molar-refractivity contribution in [3.05, 3.63) is 72.4 Å². The summed E-state index contributed by atoms with van der Waals surface area (Å²) >= 11 is 0. The Hall–Kier alpha value is -2.70. The van der Waals surface area contributed by atoms with Gasteiger partial charge < -0.3 is 20.3 Å². The van der Waals surface area contributed by atoms with Gasteiger partial charge in [0.15, 0.2) is 0 Å². The summed E-state index contributed by atoms with van der Waals surface area (Å²) in [6.07, 6.45) is 7.09. The van der Waals surface area contributed by atoms with Crippen molar-refractivity contribution in [3.63, 3.8) is 0 Å². The van der Waals surface area contributed by atoms with Crippen LogP contribution in [-0.2, 0) is 20.7 Å². The molecule has 6 heteroatoms. The molecule has 6 nitrogen and oxygen atoms in total. The lowest BCUT2D eigenvalue weighted by Crippen LogP contribution is -2.60. The van der Waals surface area contributed by atoms with Gasteiger partial charge in [-0.25, -0.2) is 0 Å². The minimum absolute atomic E-state index is 0.170. The molecule has 36 heavy (non-hydrogen) atoms. The summed E-state index contributed by atoms with van der Waals surface area (Å²) in [5.74, 6) is -1.75. The van der Waals surface area contributed by atoms with Gasteiger partial charge in [-0.3, -0.25) is 9.59 Å². The van der Waals surface area contributed by atoms with Crippen molar-refractivity contribution in [1.82, 2.24) is 5.32 Å². The van der Waals surface area contributed by atoms with E-state index in [0.29, 0.717) is 24.8 Å². The Morgan fingerprint density at radius 2 is 1.92 bits per heavy atom. The van der Waals surface area contributed by atoms with E-state index in [1.165, 1.54) is 6.92 Å². The SMILES string of the molecule is C=C1[C@@H](O)[C@H]2/C=C\C[C@@H](C)C[C@](C)(O)/C=C\[C@@H](OC(C)=O)[C@]23C(=O)N[C@H](Cc2ccccc2)[C@@H]3[C@H]1C. The number of carbonyl (C=O) groups is 2. The number of aliphatic hydroxyl groups excluding tert-OH is 1. The van der Waals surface area contributed by atoms with E-state index in [9.17, 15) is 19.8 Å². The maximum atomic E-state index is 14.2. The lowest BCUT2D eigenvalue weighted by atomic mass is 9.51. The molecule has 0 radical (unpaired) electrons. The number of amides is 1. The van der Waals surface area contributed by atoms with Gasteiger partial charge in [-0.2, -0.15) is 0 Å². The minimum Gasteiger partial charge on any atom is -0.457 e. The van der Waals surface area contributed by atoms with Crippen LogP contribution >= 0.6 is 0 Å². The standard InChI is InChI=1S/C30H39NO5/c1-18-10-9-13-23-27(33)20(3)19(2)26-24(16-22-11-7-6-8-12-22)31-28(34)30(23,26)25(36-21(4)32)14-15-29(5,35)17-18/h6-9,11-15,18-19,23-27,33,35H,3,10,16-17H2,1-2,4-5H3,(H,31,34)/b13-9-,15-14-/t18-,19+,23-,24-,25-,26+,27-,29-,30-/m1/s1. The van der Waals surface area contributed by atoms with E-state index >= 15 is 0 Å². The molecule has 4 rings (SSSR count). The molecule has 1 saturated heterocycles. The predicted octanol–water partition coefficient (Wildman–Crippen LogP) is 3.74. The van der Waals surface area contributed by atoms with Crippen LogP contribution in [0.25, 0.3) is 0 Å². The lowest BCUT2D eigenvalue weighted by Gasteiger charge is -2.52. The van der Waals surface area contributed by atoms with Crippen LogP contribution in [0.4, 0.5) is 0 Å². The molecule has 1 aromatic carbocycles. The highest BCUT2D eigenvalue weighted by Crippen LogP contribution is 2.58. The van der Waals surface area contributed by atoms with E-state index in [0.717, 1.165) is 5.56 Å².